The van der Waals surface area contributed by atoms with E-state index in [1.807, 2.05) is 0 Å². The average Bonchev–Trinajstić information content (AvgIpc) is 2.45. The summed E-state index contributed by atoms with van der Waals surface area (Å²) in [7, 11) is 1.26. The van der Waals surface area contributed by atoms with Crippen molar-refractivity contribution in [3.8, 4) is 11.6 Å². The molecular formula is C13H10Cl2N2O3. The summed E-state index contributed by atoms with van der Waals surface area (Å²) in [6.45, 7) is 0. The number of anilines is 1. The van der Waals surface area contributed by atoms with Crippen LogP contribution in [0.5, 0.6) is 11.6 Å². The quantitative estimate of drug-likeness (QED) is 0.877. The molecule has 0 aliphatic carbocycles. The van der Waals surface area contributed by atoms with Crippen molar-refractivity contribution in [2.45, 2.75) is 0 Å². The number of ether oxygens (including phenoxy) is 2. The Labute approximate surface area is 125 Å². The number of esters is 1. The lowest BCUT2D eigenvalue weighted by Crippen LogP contribution is -2.06. The Morgan fingerprint density at radius 1 is 1.25 bits per heavy atom. The van der Waals surface area contributed by atoms with Crippen molar-refractivity contribution < 1.29 is 14.3 Å². The maximum absolute atomic E-state index is 11.4. The van der Waals surface area contributed by atoms with Crippen LogP contribution in [0.4, 0.5) is 5.69 Å². The third-order valence-corrected chi connectivity index (χ3v) is 3.21. The van der Waals surface area contributed by atoms with Crippen LogP contribution in [0.15, 0.2) is 30.3 Å². The van der Waals surface area contributed by atoms with Gasteiger partial charge >= 0.3 is 5.97 Å². The van der Waals surface area contributed by atoms with E-state index in [-0.39, 0.29) is 22.3 Å². The minimum atomic E-state index is -0.591. The molecular weight excluding hydrogens is 303 g/mol. The molecule has 5 nitrogen and oxygen atoms in total. The maximum Gasteiger partial charge on any atom is 0.356 e. The van der Waals surface area contributed by atoms with E-state index in [0.717, 1.165) is 0 Å². The monoisotopic (exact) mass is 312 g/mol. The average molecular weight is 313 g/mol. The zero-order chi connectivity index (χ0) is 14.7. The Hall–Kier alpha value is -1.98. The van der Waals surface area contributed by atoms with Crippen molar-refractivity contribution in [1.29, 1.82) is 0 Å². The van der Waals surface area contributed by atoms with Crippen molar-refractivity contribution in [2.24, 2.45) is 0 Å². The second-order valence-corrected chi connectivity index (χ2v) is 4.52. The highest BCUT2D eigenvalue weighted by atomic mass is 35.5. The van der Waals surface area contributed by atoms with Gasteiger partial charge in [0.2, 0.25) is 5.88 Å². The molecule has 0 bridgehead atoms. The van der Waals surface area contributed by atoms with Gasteiger partial charge in [0.25, 0.3) is 0 Å². The van der Waals surface area contributed by atoms with Crippen LogP contribution in [-0.2, 0) is 4.74 Å². The molecule has 2 aromatic rings. The number of nitrogen functional groups attached to an aromatic ring is 1. The minimum Gasteiger partial charge on any atom is -0.464 e. The van der Waals surface area contributed by atoms with Crippen molar-refractivity contribution in [2.75, 3.05) is 12.8 Å². The van der Waals surface area contributed by atoms with E-state index in [2.05, 4.69) is 9.72 Å². The summed E-state index contributed by atoms with van der Waals surface area (Å²) >= 11 is 11.9. The molecule has 0 radical (unpaired) electrons. The Bertz CT molecular complexity index is 662. The first-order valence-electron chi connectivity index (χ1n) is 5.49. The van der Waals surface area contributed by atoms with Crippen LogP contribution in [0, 0.1) is 0 Å². The SMILES string of the molecule is COC(=O)c1ccc(N)c(Oc2cccc(Cl)c2Cl)n1. The van der Waals surface area contributed by atoms with Crippen molar-refractivity contribution in [3.63, 3.8) is 0 Å². The molecule has 1 heterocycles. The third-order valence-electron chi connectivity index (χ3n) is 2.41. The molecule has 0 spiro atoms. The molecule has 20 heavy (non-hydrogen) atoms. The van der Waals surface area contributed by atoms with Crippen LogP contribution >= 0.6 is 23.2 Å². The molecule has 0 aliphatic rings. The van der Waals surface area contributed by atoms with Gasteiger partial charge in [-0.25, -0.2) is 9.78 Å². The molecule has 2 rings (SSSR count). The second kappa shape index (κ2) is 5.98. The summed E-state index contributed by atoms with van der Waals surface area (Å²) in [4.78, 5) is 15.4. The van der Waals surface area contributed by atoms with Gasteiger partial charge in [-0.05, 0) is 24.3 Å². The number of nitrogens with zero attached hydrogens (tertiary/aromatic N) is 1. The number of methoxy groups -OCH3 is 1. The lowest BCUT2D eigenvalue weighted by Gasteiger charge is -2.10. The topological polar surface area (TPSA) is 74.4 Å². The van der Waals surface area contributed by atoms with Crippen molar-refractivity contribution in [3.05, 3.63) is 46.1 Å². The van der Waals surface area contributed by atoms with Crippen LogP contribution < -0.4 is 10.5 Å². The first-order valence-corrected chi connectivity index (χ1v) is 6.25. The molecule has 0 aliphatic heterocycles. The normalized spacial score (nSPS) is 10.2. The number of carbonyl (C=O) groups excluding carboxylic acids is 1. The van der Waals surface area contributed by atoms with E-state index >= 15 is 0 Å². The van der Waals surface area contributed by atoms with E-state index in [1.165, 1.54) is 19.2 Å². The summed E-state index contributed by atoms with van der Waals surface area (Å²) in [6, 6.07) is 7.84. The minimum absolute atomic E-state index is 0.0528. The predicted molar refractivity (Wildman–Crippen MR) is 76.5 cm³/mol. The van der Waals surface area contributed by atoms with Crippen LogP contribution in [0.1, 0.15) is 10.5 Å². The van der Waals surface area contributed by atoms with Gasteiger partial charge in [-0.1, -0.05) is 29.3 Å². The van der Waals surface area contributed by atoms with Crippen LogP contribution in [0.2, 0.25) is 10.0 Å². The lowest BCUT2D eigenvalue weighted by molar-refractivity contribution is 0.0593. The molecule has 0 atom stereocenters. The van der Waals surface area contributed by atoms with Gasteiger partial charge in [-0.2, -0.15) is 0 Å². The Balaban J connectivity index is 2.38. The lowest BCUT2D eigenvalue weighted by atomic mass is 10.3. The summed E-state index contributed by atoms with van der Waals surface area (Å²) in [5.74, 6) is -0.246. The highest BCUT2D eigenvalue weighted by molar-refractivity contribution is 6.42. The van der Waals surface area contributed by atoms with Gasteiger partial charge in [-0.15, -0.1) is 0 Å². The number of hydrogen-bond donors (Lipinski definition) is 1. The summed E-state index contributed by atoms with van der Waals surface area (Å²) in [5, 5.41) is 0.575. The van der Waals surface area contributed by atoms with E-state index in [4.69, 9.17) is 33.7 Å². The zero-order valence-electron chi connectivity index (χ0n) is 10.4. The highest BCUT2D eigenvalue weighted by Crippen LogP contribution is 2.35. The molecule has 0 amide bonds. The van der Waals surface area contributed by atoms with Crippen LogP contribution in [0.3, 0.4) is 0 Å². The van der Waals surface area contributed by atoms with E-state index in [1.54, 1.807) is 18.2 Å². The second-order valence-electron chi connectivity index (χ2n) is 3.74. The van der Waals surface area contributed by atoms with Crippen molar-refractivity contribution in [1.82, 2.24) is 4.98 Å². The number of hydrogen-bond acceptors (Lipinski definition) is 5. The number of nitrogens with two attached hydrogens (primary N) is 1. The van der Waals surface area contributed by atoms with Gasteiger partial charge in [0.1, 0.15) is 10.8 Å². The fourth-order valence-electron chi connectivity index (χ4n) is 1.42. The summed E-state index contributed by atoms with van der Waals surface area (Å²) < 4.78 is 10.1. The maximum atomic E-state index is 11.4. The number of carbonyl (C=O) groups is 1. The largest absolute Gasteiger partial charge is 0.464 e. The molecule has 1 aromatic heterocycles. The van der Waals surface area contributed by atoms with E-state index in [0.29, 0.717) is 10.8 Å². The number of pyridine rings is 1. The molecule has 2 N–H and O–H groups in total. The number of benzene rings is 1. The molecule has 0 saturated heterocycles. The zero-order valence-corrected chi connectivity index (χ0v) is 11.9. The Morgan fingerprint density at radius 2 is 2.00 bits per heavy atom. The molecule has 0 unspecified atom stereocenters. The van der Waals surface area contributed by atoms with Gasteiger partial charge in [0, 0.05) is 0 Å². The number of aromatic nitrogens is 1. The summed E-state index contributed by atoms with van der Waals surface area (Å²) in [6.07, 6.45) is 0. The predicted octanol–water partition coefficient (Wildman–Crippen LogP) is 3.55. The van der Waals surface area contributed by atoms with Gasteiger partial charge in [-0.3, -0.25) is 0 Å². The molecule has 7 heteroatoms. The number of halogens is 2. The molecule has 104 valence electrons. The molecule has 0 saturated carbocycles. The number of rotatable bonds is 3. The third kappa shape index (κ3) is 2.95. The van der Waals surface area contributed by atoms with E-state index < -0.39 is 5.97 Å². The first kappa shape index (κ1) is 14.4. The van der Waals surface area contributed by atoms with E-state index in [9.17, 15) is 4.79 Å². The van der Waals surface area contributed by atoms with Crippen LogP contribution in [0.25, 0.3) is 0 Å². The fraction of sp³-hybridized carbons (Fsp3) is 0.0769. The van der Waals surface area contributed by atoms with Crippen LogP contribution in [-0.4, -0.2) is 18.1 Å². The van der Waals surface area contributed by atoms with Gasteiger partial charge < -0.3 is 15.2 Å². The summed E-state index contributed by atoms with van der Waals surface area (Å²) in [5.41, 5.74) is 6.09. The fourth-order valence-corrected chi connectivity index (χ4v) is 1.75. The first-order chi connectivity index (χ1) is 9.52. The van der Waals surface area contributed by atoms with Gasteiger partial charge in [0.05, 0.1) is 17.8 Å². The smallest absolute Gasteiger partial charge is 0.356 e. The highest BCUT2D eigenvalue weighted by Gasteiger charge is 2.14. The standard InChI is InChI=1S/C13H10Cl2N2O3/c1-19-13(18)9-6-5-8(16)12(17-9)20-10-4-2-3-7(14)11(10)15/h2-6H,16H2,1H3. The van der Waals surface area contributed by atoms with Crippen molar-refractivity contribution >= 4 is 34.9 Å². The Kier molecular flexibility index (Phi) is 4.32. The molecule has 1 aromatic carbocycles. The Morgan fingerprint density at radius 3 is 2.70 bits per heavy atom. The molecule has 0 fully saturated rings. The van der Waals surface area contributed by atoms with Gasteiger partial charge in [0.15, 0.2) is 5.69 Å².